The van der Waals surface area contributed by atoms with Crippen molar-refractivity contribution in [2.24, 2.45) is 0 Å². The summed E-state index contributed by atoms with van der Waals surface area (Å²) < 4.78 is 33.8. The van der Waals surface area contributed by atoms with Crippen LogP contribution in [0.1, 0.15) is 22.8 Å². The highest BCUT2D eigenvalue weighted by Gasteiger charge is 2.19. The van der Waals surface area contributed by atoms with Crippen LogP contribution in [0.3, 0.4) is 0 Å². The maximum Gasteiger partial charge on any atom is 0.335 e. The van der Waals surface area contributed by atoms with Crippen LogP contribution in [0.5, 0.6) is 5.75 Å². The van der Waals surface area contributed by atoms with Crippen LogP contribution in [-0.4, -0.2) is 33.1 Å². The summed E-state index contributed by atoms with van der Waals surface area (Å²) in [4.78, 5) is 13.4. The number of nitrogens with zero attached hydrogens (tertiary/aromatic N) is 1. The number of benzene rings is 3. The Bertz CT molecular complexity index is 1150. The number of hydrogen-bond donors (Lipinski definition) is 2. The Morgan fingerprint density at radius 2 is 1.71 bits per heavy atom. The summed E-state index contributed by atoms with van der Waals surface area (Å²) >= 11 is 0. The number of hydrogen-bond acceptors (Lipinski definition) is 5. The zero-order valence-electron chi connectivity index (χ0n) is 17.3. The molecule has 0 bridgehead atoms. The van der Waals surface area contributed by atoms with Crippen LogP contribution >= 0.6 is 0 Å². The summed E-state index contributed by atoms with van der Waals surface area (Å²) in [5, 5.41) is 9.37. The molecule has 0 heterocycles. The molecule has 0 saturated heterocycles. The summed E-state index contributed by atoms with van der Waals surface area (Å²) in [7, 11) is -2.12. The Hall–Kier alpha value is -3.52. The highest BCUT2D eigenvalue weighted by molar-refractivity contribution is 7.92. The lowest BCUT2D eigenvalue weighted by molar-refractivity contribution is 0.0697. The van der Waals surface area contributed by atoms with Crippen molar-refractivity contribution in [3.8, 4) is 5.75 Å². The van der Waals surface area contributed by atoms with Crippen LogP contribution in [0, 0.1) is 0 Å². The molecule has 3 aromatic carbocycles. The van der Waals surface area contributed by atoms with Crippen molar-refractivity contribution >= 4 is 27.4 Å². The third kappa shape index (κ3) is 5.55. The van der Waals surface area contributed by atoms with E-state index in [-0.39, 0.29) is 16.1 Å². The maximum atomic E-state index is 13.0. The van der Waals surface area contributed by atoms with Gasteiger partial charge in [0.05, 0.1) is 28.4 Å². The molecular weight excluding hydrogens is 416 g/mol. The molecule has 0 unspecified atom stereocenters. The molecule has 0 aromatic heterocycles. The van der Waals surface area contributed by atoms with Crippen LogP contribution in [0.25, 0.3) is 0 Å². The Kier molecular flexibility index (Phi) is 6.81. The third-order valence-electron chi connectivity index (χ3n) is 4.61. The molecule has 0 aliphatic heterocycles. The van der Waals surface area contributed by atoms with Crippen molar-refractivity contribution in [3.63, 3.8) is 0 Å². The van der Waals surface area contributed by atoms with Gasteiger partial charge >= 0.3 is 5.97 Å². The molecule has 31 heavy (non-hydrogen) atoms. The third-order valence-corrected chi connectivity index (χ3v) is 5.99. The Morgan fingerprint density at radius 1 is 1.03 bits per heavy atom. The van der Waals surface area contributed by atoms with Gasteiger partial charge in [-0.05, 0) is 55.0 Å². The number of aromatic carboxylic acids is 1. The Labute approximate surface area is 182 Å². The van der Waals surface area contributed by atoms with Crippen molar-refractivity contribution in [1.82, 2.24) is 0 Å². The summed E-state index contributed by atoms with van der Waals surface area (Å²) in [5.41, 5.74) is 1.77. The first-order chi connectivity index (χ1) is 14.8. The first-order valence-corrected chi connectivity index (χ1v) is 11.2. The predicted octanol–water partition coefficient (Wildman–Crippen LogP) is 4.22. The number of carboxylic acid groups (broad SMARTS) is 1. The lowest BCUT2D eigenvalue weighted by Crippen LogP contribution is -2.21. The van der Waals surface area contributed by atoms with Gasteiger partial charge in [0.15, 0.2) is 0 Å². The SMILES string of the molecule is CCOc1ccc(S(=O)(=O)Nc2cc(C(=O)O)ccc2N(C)Cc2ccccc2)cc1. The van der Waals surface area contributed by atoms with E-state index >= 15 is 0 Å². The minimum atomic E-state index is -3.94. The smallest absolute Gasteiger partial charge is 0.335 e. The molecule has 162 valence electrons. The lowest BCUT2D eigenvalue weighted by Gasteiger charge is -2.23. The average molecular weight is 441 g/mol. The number of sulfonamides is 1. The number of ether oxygens (including phenoxy) is 1. The van der Waals surface area contributed by atoms with Gasteiger partial charge in [-0.2, -0.15) is 0 Å². The van der Waals surface area contributed by atoms with Gasteiger partial charge in [-0.25, -0.2) is 13.2 Å². The molecule has 0 amide bonds. The van der Waals surface area contributed by atoms with Gasteiger partial charge in [-0.3, -0.25) is 4.72 Å². The fourth-order valence-electron chi connectivity index (χ4n) is 3.11. The van der Waals surface area contributed by atoms with Gasteiger partial charge in [-0.1, -0.05) is 30.3 Å². The first kappa shape index (κ1) is 22.2. The largest absolute Gasteiger partial charge is 0.494 e. The van der Waals surface area contributed by atoms with Crippen molar-refractivity contribution in [1.29, 1.82) is 0 Å². The van der Waals surface area contributed by atoms with Crippen LogP contribution in [-0.2, 0) is 16.6 Å². The standard InChI is InChI=1S/C23H24N2O5S/c1-3-30-19-10-12-20(13-11-19)31(28,29)24-21-15-18(23(26)27)9-14-22(21)25(2)16-17-7-5-4-6-8-17/h4-15,24H,3,16H2,1-2H3,(H,26,27). The molecular formula is C23H24N2O5S. The zero-order valence-corrected chi connectivity index (χ0v) is 18.1. The predicted molar refractivity (Wildman–Crippen MR) is 120 cm³/mol. The lowest BCUT2D eigenvalue weighted by atomic mass is 10.1. The van der Waals surface area contributed by atoms with Gasteiger partial charge in [0.1, 0.15) is 5.75 Å². The van der Waals surface area contributed by atoms with Crippen molar-refractivity contribution < 1.29 is 23.1 Å². The average Bonchev–Trinajstić information content (AvgIpc) is 2.74. The summed E-state index contributed by atoms with van der Waals surface area (Å²) in [6.45, 7) is 2.84. The second kappa shape index (κ2) is 9.53. The molecule has 0 fully saturated rings. The quantitative estimate of drug-likeness (QED) is 0.517. The van der Waals surface area contributed by atoms with Crippen LogP contribution < -0.4 is 14.4 Å². The number of anilines is 2. The number of rotatable bonds is 9. The second-order valence-corrected chi connectivity index (χ2v) is 8.57. The zero-order chi connectivity index (χ0) is 22.4. The summed E-state index contributed by atoms with van der Waals surface area (Å²) in [6, 6.07) is 20.1. The van der Waals surface area contributed by atoms with E-state index < -0.39 is 16.0 Å². The van der Waals surface area contributed by atoms with Gasteiger partial charge in [-0.15, -0.1) is 0 Å². The molecule has 0 radical (unpaired) electrons. The molecule has 3 aromatic rings. The van der Waals surface area contributed by atoms with E-state index in [1.165, 1.54) is 24.3 Å². The number of carbonyl (C=O) groups is 1. The summed E-state index contributed by atoms with van der Waals surface area (Å²) in [5.74, 6) is -0.573. The molecule has 3 rings (SSSR count). The fourth-order valence-corrected chi connectivity index (χ4v) is 4.18. The van der Waals surface area contributed by atoms with E-state index in [0.717, 1.165) is 5.56 Å². The van der Waals surface area contributed by atoms with Gasteiger partial charge in [0.2, 0.25) is 0 Å². The highest BCUT2D eigenvalue weighted by Crippen LogP contribution is 2.30. The molecule has 0 atom stereocenters. The Balaban J connectivity index is 1.93. The minimum Gasteiger partial charge on any atom is -0.494 e. The topological polar surface area (TPSA) is 95.9 Å². The number of nitrogens with one attached hydrogen (secondary N) is 1. The second-order valence-electron chi connectivity index (χ2n) is 6.89. The molecule has 0 saturated carbocycles. The number of carboxylic acids is 1. The van der Waals surface area contributed by atoms with Crippen LogP contribution in [0.4, 0.5) is 11.4 Å². The molecule has 0 aliphatic rings. The van der Waals surface area contributed by atoms with E-state index in [4.69, 9.17) is 4.74 Å². The first-order valence-electron chi connectivity index (χ1n) is 9.68. The van der Waals surface area contributed by atoms with Gasteiger partial charge in [0, 0.05) is 13.6 Å². The molecule has 2 N–H and O–H groups in total. The normalized spacial score (nSPS) is 11.0. The monoisotopic (exact) mass is 440 g/mol. The van der Waals surface area contributed by atoms with Crippen LogP contribution in [0.2, 0.25) is 0 Å². The maximum absolute atomic E-state index is 13.0. The van der Waals surface area contributed by atoms with Crippen molar-refractivity contribution in [3.05, 3.63) is 83.9 Å². The fraction of sp³-hybridized carbons (Fsp3) is 0.174. The van der Waals surface area contributed by atoms with E-state index in [2.05, 4.69) is 4.72 Å². The molecule has 0 spiro atoms. The molecule has 7 nitrogen and oxygen atoms in total. The highest BCUT2D eigenvalue weighted by atomic mass is 32.2. The van der Waals surface area contributed by atoms with E-state index in [1.54, 1.807) is 18.2 Å². The minimum absolute atomic E-state index is 0.0127. The van der Waals surface area contributed by atoms with E-state index in [1.807, 2.05) is 49.2 Å². The summed E-state index contributed by atoms with van der Waals surface area (Å²) in [6.07, 6.45) is 0. The molecule has 8 heteroatoms. The van der Waals surface area contributed by atoms with Gasteiger partial charge < -0.3 is 14.7 Å². The Morgan fingerprint density at radius 3 is 2.32 bits per heavy atom. The van der Waals surface area contributed by atoms with Crippen LogP contribution in [0.15, 0.2) is 77.7 Å². The molecule has 0 aliphatic carbocycles. The van der Waals surface area contributed by atoms with Crippen molar-refractivity contribution in [2.45, 2.75) is 18.4 Å². The van der Waals surface area contributed by atoms with Gasteiger partial charge in [0.25, 0.3) is 10.0 Å². The van der Waals surface area contributed by atoms with E-state index in [9.17, 15) is 18.3 Å². The van der Waals surface area contributed by atoms with Crippen molar-refractivity contribution in [2.75, 3.05) is 23.3 Å². The van der Waals surface area contributed by atoms with E-state index in [0.29, 0.717) is 24.6 Å².